The van der Waals surface area contributed by atoms with Crippen LogP contribution in [0.5, 0.6) is 5.75 Å². The maximum Gasteiger partial charge on any atom is 0.226 e. The SMILES string of the molecule is COc1ccc(-c2csc(NC(=S)NC(=O)CC(C)C)n2)cc1Br. The number of thiazole rings is 1. The molecule has 8 heteroatoms. The van der Waals surface area contributed by atoms with Gasteiger partial charge in [-0.1, -0.05) is 13.8 Å². The summed E-state index contributed by atoms with van der Waals surface area (Å²) < 4.78 is 6.09. The van der Waals surface area contributed by atoms with E-state index < -0.39 is 0 Å². The lowest BCUT2D eigenvalue weighted by Gasteiger charge is -2.08. The summed E-state index contributed by atoms with van der Waals surface area (Å²) in [6.07, 6.45) is 0.435. The third-order valence-corrected chi connectivity index (χ3v) is 4.60. The first-order valence-electron chi connectivity index (χ1n) is 7.29. The van der Waals surface area contributed by atoms with Crippen LogP contribution in [-0.4, -0.2) is 23.1 Å². The Hall–Kier alpha value is -1.51. The molecule has 128 valence electrons. The van der Waals surface area contributed by atoms with Crippen molar-refractivity contribution in [3.05, 3.63) is 28.1 Å². The molecule has 0 unspecified atom stereocenters. The quantitative estimate of drug-likeness (QED) is 0.690. The number of halogens is 1. The lowest BCUT2D eigenvalue weighted by Crippen LogP contribution is -2.34. The number of carbonyl (C=O) groups is 1. The fraction of sp³-hybridized carbons (Fsp3) is 0.312. The second-order valence-corrected chi connectivity index (χ2v) is 7.61. The lowest BCUT2D eigenvalue weighted by molar-refractivity contribution is -0.120. The Morgan fingerprint density at radius 2 is 2.21 bits per heavy atom. The van der Waals surface area contributed by atoms with Gasteiger partial charge in [0.05, 0.1) is 17.3 Å². The molecule has 2 rings (SSSR count). The molecule has 0 fully saturated rings. The van der Waals surface area contributed by atoms with Gasteiger partial charge in [-0.15, -0.1) is 11.3 Å². The Kier molecular flexibility index (Phi) is 6.70. The summed E-state index contributed by atoms with van der Waals surface area (Å²) >= 11 is 10.0. The monoisotopic (exact) mass is 427 g/mol. The van der Waals surface area contributed by atoms with Gasteiger partial charge >= 0.3 is 0 Å². The van der Waals surface area contributed by atoms with Gasteiger partial charge in [0.15, 0.2) is 10.2 Å². The number of nitrogens with one attached hydrogen (secondary N) is 2. The Morgan fingerprint density at radius 1 is 1.46 bits per heavy atom. The van der Waals surface area contributed by atoms with E-state index in [2.05, 4.69) is 31.5 Å². The zero-order valence-corrected chi connectivity index (χ0v) is 16.8. The van der Waals surface area contributed by atoms with E-state index in [-0.39, 0.29) is 16.9 Å². The van der Waals surface area contributed by atoms with E-state index in [1.54, 1.807) is 7.11 Å². The number of hydrogen-bond acceptors (Lipinski definition) is 5. The van der Waals surface area contributed by atoms with Crippen LogP contribution in [0.15, 0.2) is 28.1 Å². The van der Waals surface area contributed by atoms with Crippen LogP contribution in [-0.2, 0) is 4.79 Å². The van der Waals surface area contributed by atoms with Gasteiger partial charge in [-0.05, 0) is 52.3 Å². The smallest absolute Gasteiger partial charge is 0.226 e. The second-order valence-electron chi connectivity index (χ2n) is 5.49. The molecule has 1 heterocycles. The molecule has 0 aliphatic heterocycles. The summed E-state index contributed by atoms with van der Waals surface area (Å²) in [7, 11) is 1.62. The van der Waals surface area contributed by atoms with E-state index >= 15 is 0 Å². The number of thiocarbonyl (C=S) groups is 1. The van der Waals surface area contributed by atoms with Gasteiger partial charge in [0.2, 0.25) is 5.91 Å². The zero-order valence-electron chi connectivity index (χ0n) is 13.6. The van der Waals surface area contributed by atoms with Gasteiger partial charge < -0.3 is 15.4 Å². The van der Waals surface area contributed by atoms with Crippen molar-refractivity contribution in [1.29, 1.82) is 0 Å². The van der Waals surface area contributed by atoms with Crippen LogP contribution >= 0.6 is 39.5 Å². The first-order chi connectivity index (χ1) is 11.4. The highest BCUT2D eigenvalue weighted by atomic mass is 79.9. The molecular formula is C16H18BrN3O2S2. The van der Waals surface area contributed by atoms with Crippen molar-refractivity contribution in [3.63, 3.8) is 0 Å². The Balaban J connectivity index is 2.01. The van der Waals surface area contributed by atoms with Crippen molar-refractivity contribution in [2.45, 2.75) is 20.3 Å². The number of benzene rings is 1. The van der Waals surface area contributed by atoms with Gasteiger partial charge in [0.25, 0.3) is 0 Å². The Labute approximate surface area is 159 Å². The summed E-state index contributed by atoms with van der Waals surface area (Å²) in [5.41, 5.74) is 1.78. The van der Waals surface area contributed by atoms with Crippen molar-refractivity contribution >= 4 is 55.6 Å². The number of anilines is 1. The average Bonchev–Trinajstić information content (AvgIpc) is 2.94. The molecular weight excluding hydrogens is 410 g/mol. The molecule has 0 radical (unpaired) electrons. The maximum absolute atomic E-state index is 11.7. The van der Waals surface area contributed by atoms with Crippen LogP contribution in [0.2, 0.25) is 0 Å². The predicted molar refractivity (Wildman–Crippen MR) is 106 cm³/mol. The van der Waals surface area contributed by atoms with E-state index in [0.717, 1.165) is 21.5 Å². The summed E-state index contributed by atoms with van der Waals surface area (Å²) in [6, 6.07) is 5.76. The van der Waals surface area contributed by atoms with Crippen molar-refractivity contribution in [2.75, 3.05) is 12.4 Å². The highest BCUT2D eigenvalue weighted by Gasteiger charge is 2.11. The number of rotatable bonds is 5. The minimum atomic E-state index is -0.0987. The van der Waals surface area contributed by atoms with Gasteiger partial charge in [-0.3, -0.25) is 4.79 Å². The third kappa shape index (κ3) is 5.25. The predicted octanol–water partition coefficient (Wildman–Crippen LogP) is 4.44. The van der Waals surface area contributed by atoms with Crippen LogP contribution in [0.1, 0.15) is 20.3 Å². The molecule has 0 bridgehead atoms. The van der Waals surface area contributed by atoms with Crippen molar-refractivity contribution in [2.24, 2.45) is 5.92 Å². The molecule has 1 aromatic heterocycles. The molecule has 0 spiro atoms. The molecule has 0 atom stereocenters. The fourth-order valence-electron chi connectivity index (χ4n) is 1.97. The molecule has 1 aromatic carbocycles. The molecule has 0 aliphatic rings. The number of ether oxygens (including phenoxy) is 1. The highest BCUT2D eigenvalue weighted by Crippen LogP contribution is 2.31. The molecule has 0 aliphatic carbocycles. The van der Waals surface area contributed by atoms with Gasteiger partial charge in [-0.25, -0.2) is 4.98 Å². The van der Waals surface area contributed by atoms with Crippen LogP contribution in [0.25, 0.3) is 11.3 Å². The van der Waals surface area contributed by atoms with Gasteiger partial charge in [0, 0.05) is 17.4 Å². The molecule has 2 N–H and O–H groups in total. The Bertz CT molecular complexity index is 747. The number of methoxy groups -OCH3 is 1. The standard InChI is InChI=1S/C16H18BrN3O2S2/c1-9(2)6-14(21)19-15(23)20-16-18-12(8-24-16)10-4-5-13(22-3)11(17)7-10/h4-5,7-9H,6H2,1-3H3,(H2,18,19,20,21,23). The number of nitrogens with zero attached hydrogens (tertiary/aromatic N) is 1. The average molecular weight is 428 g/mol. The normalized spacial score (nSPS) is 10.5. The second kappa shape index (κ2) is 8.55. The zero-order chi connectivity index (χ0) is 17.7. The van der Waals surface area contributed by atoms with E-state index in [1.807, 2.05) is 37.4 Å². The molecule has 24 heavy (non-hydrogen) atoms. The van der Waals surface area contributed by atoms with E-state index in [9.17, 15) is 4.79 Å². The largest absolute Gasteiger partial charge is 0.496 e. The van der Waals surface area contributed by atoms with Gasteiger partial charge in [-0.2, -0.15) is 0 Å². The summed E-state index contributed by atoms with van der Waals surface area (Å²) in [5, 5.41) is 8.42. The molecule has 0 saturated carbocycles. The van der Waals surface area contributed by atoms with Crippen molar-refractivity contribution in [3.8, 4) is 17.0 Å². The fourth-order valence-corrected chi connectivity index (χ4v) is 3.51. The van der Waals surface area contributed by atoms with Crippen LogP contribution in [0.3, 0.4) is 0 Å². The minimum absolute atomic E-state index is 0.0987. The van der Waals surface area contributed by atoms with E-state index in [0.29, 0.717) is 11.6 Å². The number of carbonyl (C=O) groups excluding carboxylic acids is 1. The first kappa shape index (κ1) is 18.8. The summed E-state index contributed by atoms with van der Waals surface area (Å²) in [4.78, 5) is 16.2. The molecule has 0 saturated heterocycles. The molecule has 2 aromatic rings. The Morgan fingerprint density at radius 3 is 2.83 bits per heavy atom. The highest BCUT2D eigenvalue weighted by molar-refractivity contribution is 9.10. The van der Waals surface area contributed by atoms with E-state index in [1.165, 1.54) is 11.3 Å². The van der Waals surface area contributed by atoms with Crippen LogP contribution < -0.4 is 15.4 Å². The number of hydrogen-bond donors (Lipinski definition) is 2. The minimum Gasteiger partial charge on any atom is -0.496 e. The van der Waals surface area contributed by atoms with Gasteiger partial charge in [0.1, 0.15) is 5.75 Å². The van der Waals surface area contributed by atoms with Crippen molar-refractivity contribution in [1.82, 2.24) is 10.3 Å². The van der Waals surface area contributed by atoms with Crippen LogP contribution in [0, 0.1) is 5.92 Å². The third-order valence-electron chi connectivity index (χ3n) is 3.02. The first-order valence-corrected chi connectivity index (χ1v) is 9.37. The molecule has 1 amide bonds. The summed E-state index contributed by atoms with van der Waals surface area (Å²) in [6.45, 7) is 3.96. The summed E-state index contributed by atoms with van der Waals surface area (Å²) in [5.74, 6) is 0.951. The van der Waals surface area contributed by atoms with Crippen LogP contribution in [0.4, 0.5) is 5.13 Å². The van der Waals surface area contributed by atoms with Crippen molar-refractivity contribution < 1.29 is 9.53 Å². The number of aromatic nitrogens is 1. The topological polar surface area (TPSA) is 63.2 Å². The van der Waals surface area contributed by atoms with E-state index in [4.69, 9.17) is 17.0 Å². The molecule has 5 nitrogen and oxygen atoms in total. The lowest BCUT2D eigenvalue weighted by atomic mass is 10.1. The maximum atomic E-state index is 11.7. The number of amides is 1.